The third-order valence-electron chi connectivity index (χ3n) is 4.90. The fraction of sp³-hybridized carbons (Fsp3) is 0.167. The predicted molar refractivity (Wildman–Crippen MR) is 116 cm³/mol. The molecule has 4 nitrogen and oxygen atoms in total. The lowest BCUT2D eigenvalue weighted by Crippen LogP contribution is -2.26. The zero-order valence-corrected chi connectivity index (χ0v) is 17.0. The molecule has 3 aromatic rings. The molecule has 0 aliphatic rings. The first-order chi connectivity index (χ1) is 13.8. The largest absolute Gasteiger partial charge is 0.393 e. The van der Waals surface area contributed by atoms with Gasteiger partial charge in [0, 0.05) is 18.8 Å². The maximum atomic E-state index is 14.3. The van der Waals surface area contributed by atoms with Gasteiger partial charge in [-0.2, -0.15) is 10.4 Å². The highest BCUT2D eigenvalue weighted by atomic mass is 19.1. The lowest BCUT2D eigenvalue weighted by molar-refractivity contribution is 0.624. The summed E-state index contributed by atoms with van der Waals surface area (Å²) in [6, 6.07) is 14.3. The molecule has 0 atom stereocenters. The Morgan fingerprint density at radius 2 is 1.93 bits per heavy atom. The van der Waals surface area contributed by atoms with Gasteiger partial charge < -0.3 is 5.32 Å². The van der Waals surface area contributed by atoms with Crippen LogP contribution < -0.4 is 15.8 Å². The molecule has 2 aromatic carbocycles. The Bertz CT molecular complexity index is 1260. The number of nitrogens with zero attached hydrogens (tertiary/aromatic N) is 3. The summed E-state index contributed by atoms with van der Waals surface area (Å²) in [6.45, 7) is 10.1. The lowest BCUT2D eigenvalue weighted by atomic mass is 10.1. The quantitative estimate of drug-likeness (QED) is 0.743. The van der Waals surface area contributed by atoms with Crippen LogP contribution in [0, 0.1) is 17.1 Å². The van der Waals surface area contributed by atoms with E-state index in [2.05, 4.69) is 11.9 Å². The first-order valence-corrected chi connectivity index (χ1v) is 9.27. The first-order valence-electron chi connectivity index (χ1n) is 9.27. The number of benzene rings is 2. The average molecular weight is 386 g/mol. The van der Waals surface area contributed by atoms with Gasteiger partial charge in [-0.3, -0.25) is 0 Å². The molecule has 0 saturated heterocycles. The van der Waals surface area contributed by atoms with Crippen molar-refractivity contribution in [2.24, 2.45) is 0 Å². The molecule has 0 radical (unpaired) electrons. The number of rotatable bonds is 4. The van der Waals surface area contributed by atoms with Crippen molar-refractivity contribution in [3.63, 3.8) is 0 Å². The van der Waals surface area contributed by atoms with E-state index in [9.17, 15) is 4.39 Å². The summed E-state index contributed by atoms with van der Waals surface area (Å²) in [5.41, 5.74) is 5.30. The Morgan fingerprint density at radius 1 is 1.17 bits per heavy atom. The molecule has 29 heavy (non-hydrogen) atoms. The van der Waals surface area contributed by atoms with E-state index in [1.54, 1.807) is 10.7 Å². The van der Waals surface area contributed by atoms with Crippen LogP contribution in [0.15, 0.2) is 48.0 Å². The van der Waals surface area contributed by atoms with Gasteiger partial charge in [-0.1, -0.05) is 24.3 Å². The molecule has 0 unspecified atom stereocenters. The van der Waals surface area contributed by atoms with Crippen LogP contribution in [0.5, 0.6) is 0 Å². The van der Waals surface area contributed by atoms with Crippen molar-refractivity contribution in [3.05, 3.63) is 75.5 Å². The Labute approximate surface area is 169 Å². The maximum Gasteiger partial charge on any atom is 0.141 e. The molecule has 0 fully saturated rings. The third-order valence-corrected chi connectivity index (χ3v) is 4.90. The Hall–Kier alpha value is -3.65. The van der Waals surface area contributed by atoms with Crippen LogP contribution in [-0.2, 0) is 0 Å². The molecule has 0 aliphatic heterocycles. The van der Waals surface area contributed by atoms with Gasteiger partial charge in [0.2, 0.25) is 0 Å². The summed E-state index contributed by atoms with van der Waals surface area (Å²) in [5.74, 6) is -0.546. The average Bonchev–Trinajstić information content (AvgIpc) is 3.14. The second kappa shape index (κ2) is 8.15. The fourth-order valence-corrected chi connectivity index (χ4v) is 2.99. The number of aromatic nitrogens is 2. The third kappa shape index (κ3) is 3.97. The number of halogens is 1. The van der Waals surface area contributed by atoms with Crippen molar-refractivity contribution in [2.45, 2.75) is 20.8 Å². The van der Waals surface area contributed by atoms with Crippen LogP contribution >= 0.6 is 0 Å². The van der Waals surface area contributed by atoms with E-state index in [1.807, 2.05) is 64.4 Å². The smallest absolute Gasteiger partial charge is 0.141 e. The number of allylic oxidation sites excluding steroid dienone is 2. The Kier molecular flexibility index (Phi) is 5.65. The fourth-order valence-electron chi connectivity index (χ4n) is 2.99. The van der Waals surface area contributed by atoms with Crippen LogP contribution in [-0.4, -0.2) is 16.8 Å². The van der Waals surface area contributed by atoms with E-state index in [0.29, 0.717) is 5.56 Å². The minimum atomic E-state index is -0.546. The summed E-state index contributed by atoms with van der Waals surface area (Å²) in [6.07, 6.45) is 1.87. The molecule has 1 aromatic heterocycles. The van der Waals surface area contributed by atoms with Gasteiger partial charge in [0.1, 0.15) is 11.9 Å². The minimum absolute atomic E-state index is 0.0211. The first kappa shape index (κ1) is 20.1. The van der Waals surface area contributed by atoms with Crippen molar-refractivity contribution in [3.8, 4) is 23.0 Å². The zero-order valence-electron chi connectivity index (χ0n) is 17.0. The second-order valence-corrected chi connectivity index (χ2v) is 7.07. The van der Waals surface area contributed by atoms with E-state index in [4.69, 9.17) is 10.4 Å². The van der Waals surface area contributed by atoms with Crippen LogP contribution in [0.4, 0.5) is 4.39 Å². The van der Waals surface area contributed by atoms with Crippen LogP contribution in [0.3, 0.4) is 0 Å². The number of hydrogen-bond acceptors (Lipinski definition) is 3. The summed E-state index contributed by atoms with van der Waals surface area (Å²) in [5, 5.41) is 18.7. The maximum absolute atomic E-state index is 14.3. The van der Waals surface area contributed by atoms with Crippen molar-refractivity contribution < 1.29 is 4.39 Å². The molecular weight excluding hydrogens is 363 g/mol. The van der Waals surface area contributed by atoms with Crippen LogP contribution in [0.25, 0.3) is 35.3 Å². The lowest BCUT2D eigenvalue weighted by Gasteiger charge is -2.09. The molecule has 146 valence electrons. The highest BCUT2D eigenvalue weighted by Gasteiger charge is 2.15. The molecule has 5 heteroatoms. The SMILES string of the molecule is C=c1ccc(-n2nc(C(C)=C(C)C)cc2-c2ccc(C#N)c(F)c2)c/c1=C/NC. The molecule has 1 heterocycles. The van der Waals surface area contributed by atoms with E-state index >= 15 is 0 Å². The van der Waals surface area contributed by atoms with Gasteiger partial charge in [0.15, 0.2) is 0 Å². The Morgan fingerprint density at radius 3 is 2.55 bits per heavy atom. The van der Waals surface area contributed by atoms with E-state index in [1.165, 1.54) is 12.1 Å². The molecule has 0 aliphatic carbocycles. The van der Waals surface area contributed by atoms with E-state index in [-0.39, 0.29) is 5.56 Å². The monoisotopic (exact) mass is 386 g/mol. The van der Waals surface area contributed by atoms with Gasteiger partial charge >= 0.3 is 0 Å². The number of nitrogens with one attached hydrogen (secondary N) is 1. The molecule has 0 amide bonds. The topological polar surface area (TPSA) is 53.6 Å². The molecule has 0 bridgehead atoms. The Balaban J connectivity index is 2.29. The normalized spacial score (nSPS) is 11.2. The highest BCUT2D eigenvalue weighted by Crippen LogP contribution is 2.28. The minimum Gasteiger partial charge on any atom is -0.393 e. The van der Waals surface area contributed by atoms with E-state index in [0.717, 1.165) is 38.7 Å². The van der Waals surface area contributed by atoms with Crippen molar-refractivity contribution in [2.75, 3.05) is 7.05 Å². The highest BCUT2D eigenvalue weighted by molar-refractivity contribution is 5.71. The van der Waals surface area contributed by atoms with Gasteiger partial charge in [-0.05, 0) is 67.1 Å². The summed E-state index contributed by atoms with van der Waals surface area (Å²) in [7, 11) is 1.83. The van der Waals surface area contributed by atoms with Crippen molar-refractivity contribution in [1.29, 1.82) is 5.26 Å². The number of nitriles is 1. The predicted octanol–water partition coefficient (Wildman–Crippen LogP) is 3.73. The van der Waals surface area contributed by atoms with E-state index < -0.39 is 5.82 Å². The molecule has 3 rings (SSSR count). The molecule has 0 spiro atoms. The van der Waals surface area contributed by atoms with Gasteiger partial charge in [-0.25, -0.2) is 9.07 Å². The standard InChI is InChI=1S/C24H23FN4/c1-15(2)17(4)23-12-24(18-7-8-19(13-26)22(25)11-18)29(28-23)21-9-6-16(3)20(10-21)14-27-5/h6-12,14,27H,3H2,1-2,4-5H3/b20-14-. The van der Waals surface area contributed by atoms with Crippen LogP contribution in [0.1, 0.15) is 32.0 Å². The van der Waals surface area contributed by atoms with Gasteiger partial charge in [0.25, 0.3) is 0 Å². The molecular formula is C24H23FN4. The van der Waals surface area contributed by atoms with Gasteiger partial charge in [-0.15, -0.1) is 0 Å². The van der Waals surface area contributed by atoms with Gasteiger partial charge in [0.05, 0.1) is 22.6 Å². The number of hydrogen-bond donors (Lipinski definition) is 1. The summed E-state index contributed by atoms with van der Waals surface area (Å²) < 4.78 is 16.1. The van der Waals surface area contributed by atoms with Crippen molar-refractivity contribution >= 4 is 18.4 Å². The second-order valence-electron chi connectivity index (χ2n) is 7.07. The summed E-state index contributed by atoms with van der Waals surface area (Å²) in [4.78, 5) is 0. The summed E-state index contributed by atoms with van der Waals surface area (Å²) >= 11 is 0. The van der Waals surface area contributed by atoms with Crippen LogP contribution in [0.2, 0.25) is 0 Å². The molecule has 1 N–H and O–H groups in total. The van der Waals surface area contributed by atoms with Crippen molar-refractivity contribution in [1.82, 2.24) is 15.1 Å². The molecule has 0 saturated carbocycles. The zero-order chi connectivity index (χ0) is 21.1.